The minimum Gasteiger partial charge on any atom is -0.493 e. The van der Waals surface area contributed by atoms with Crippen molar-refractivity contribution in [1.82, 2.24) is 9.97 Å². The van der Waals surface area contributed by atoms with Gasteiger partial charge in [0.25, 0.3) is 0 Å². The Labute approximate surface area is 164 Å². The summed E-state index contributed by atoms with van der Waals surface area (Å²) in [4.78, 5) is 10.7. The molecule has 0 N–H and O–H groups in total. The molecule has 1 saturated heterocycles. The molecule has 144 valence electrons. The zero-order chi connectivity index (χ0) is 19.2. The van der Waals surface area contributed by atoms with Gasteiger partial charge in [-0.3, -0.25) is 9.97 Å². The van der Waals surface area contributed by atoms with Crippen molar-refractivity contribution in [2.24, 2.45) is 0 Å². The molecule has 4 rings (SSSR count). The summed E-state index contributed by atoms with van der Waals surface area (Å²) in [5, 5.41) is 0. The van der Waals surface area contributed by atoms with Crippen LogP contribution >= 0.6 is 0 Å². The molecule has 6 nitrogen and oxygen atoms in total. The summed E-state index contributed by atoms with van der Waals surface area (Å²) in [6.07, 6.45) is 8.21. The van der Waals surface area contributed by atoms with Crippen LogP contribution < -0.4 is 14.4 Å². The van der Waals surface area contributed by atoms with Gasteiger partial charge in [0.05, 0.1) is 32.2 Å². The summed E-state index contributed by atoms with van der Waals surface area (Å²) < 4.78 is 17.1. The van der Waals surface area contributed by atoms with Crippen LogP contribution in [0.2, 0.25) is 0 Å². The molecule has 0 saturated carbocycles. The maximum atomic E-state index is 6.17. The van der Waals surface area contributed by atoms with Crippen LogP contribution in [0.3, 0.4) is 0 Å². The Morgan fingerprint density at radius 3 is 2.57 bits per heavy atom. The molecule has 6 heteroatoms. The SMILES string of the molecule is COc1ccc(N(Cc2cccnc2)c2cccnc2)cc1OC1CCOC1. The number of rotatable bonds is 7. The molecule has 1 aliphatic rings. The van der Waals surface area contributed by atoms with Gasteiger partial charge in [-0.25, -0.2) is 0 Å². The Morgan fingerprint density at radius 2 is 1.89 bits per heavy atom. The average molecular weight is 377 g/mol. The van der Waals surface area contributed by atoms with Crippen molar-refractivity contribution < 1.29 is 14.2 Å². The summed E-state index contributed by atoms with van der Waals surface area (Å²) >= 11 is 0. The number of methoxy groups -OCH3 is 1. The second-order valence-electron chi connectivity index (χ2n) is 6.60. The molecule has 1 fully saturated rings. The Balaban J connectivity index is 1.68. The predicted molar refractivity (Wildman–Crippen MR) is 107 cm³/mol. The van der Waals surface area contributed by atoms with E-state index in [2.05, 4.69) is 20.9 Å². The van der Waals surface area contributed by atoms with Crippen LogP contribution in [0.1, 0.15) is 12.0 Å². The van der Waals surface area contributed by atoms with Crippen molar-refractivity contribution in [3.63, 3.8) is 0 Å². The Kier molecular flexibility index (Phi) is 5.68. The zero-order valence-electron chi connectivity index (χ0n) is 15.8. The average Bonchev–Trinajstić information content (AvgIpc) is 3.26. The van der Waals surface area contributed by atoms with E-state index in [1.54, 1.807) is 19.5 Å². The van der Waals surface area contributed by atoms with E-state index in [0.717, 1.165) is 35.7 Å². The van der Waals surface area contributed by atoms with Crippen LogP contribution in [-0.2, 0) is 11.3 Å². The predicted octanol–water partition coefficient (Wildman–Crippen LogP) is 3.99. The van der Waals surface area contributed by atoms with E-state index in [9.17, 15) is 0 Å². The van der Waals surface area contributed by atoms with Gasteiger partial charge in [-0.05, 0) is 35.9 Å². The number of anilines is 2. The first-order valence-corrected chi connectivity index (χ1v) is 9.32. The van der Waals surface area contributed by atoms with E-state index < -0.39 is 0 Å². The molecular formula is C22H23N3O3. The quantitative estimate of drug-likeness (QED) is 0.621. The lowest BCUT2D eigenvalue weighted by Gasteiger charge is -2.26. The first-order chi connectivity index (χ1) is 13.8. The topological polar surface area (TPSA) is 56.7 Å². The molecule has 28 heavy (non-hydrogen) atoms. The number of pyridine rings is 2. The normalized spacial score (nSPS) is 16.0. The van der Waals surface area contributed by atoms with Crippen molar-refractivity contribution >= 4 is 11.4 Å². The van der Waals surface area contributed by atoms with Crippen molar-refractivity contribution in [1.29, 1.82) is 0 Å². The van der Waals surface area contributed by atoms with Crippen molar-refractivity contribution in [2.45, 2.75) is 19.1 Å². The van der Waals surface area contributed by atoms with Gasteiger partial charge >= 0.3 is 0 Å². The largest absolute Gasteiger partial charge is 0.493 e. The van der Waals surface area contributed by atoms with E-state index >= 15 is 0 Å². The second kappa shape index (κ2) is 8.71. The number of nitrogens with zero attached hydrogens (tertiary/aromatic N) is 3. The number of hydrogen-bond donors (Lipinski definition) is 0. The summed E-state index contributed by atoms with van der Waals surface area (Å²) in [5.74, 6) is 1.43. The minimum absolute atomic E-state index is 0.0503. The van der Waals surface area contributed by atoms with Crippen LogP contribution in [0.4, 0.5) is 11.4 Å². The first-order valence-electron chi connectivity index (χ1n) is 9.32. The van der Waals surface area contributed by atoms with E-state index in [1.165, 1.54) is 0 Å². The molecule has 2 aromatic heterocycles. The third-order valence-corrected chi connectivity index (χ3v) is 4.66. The molecule has 1 atom stereocenters. The summed E-state index contributed by atoms with van der Waals surface area (Å²) in [6.45, 7) is 2.00. The van der Waals surface area contributed by atoms with Crippen LogP contribution in [0.25, 0.3) is 0 Å². The monoisotopic (exact) mass is 377 g/mol. The van der Waals surface area contributed by atoms with Gasteiger partial charge in [-0.2, -0.15) is 0 Å². The van der Waals surface area contributed by atoms with E-state index in [4.69, 9.17) is 14.2 Å². The van der Waals surface area contributed by atoms with Gasteiger partial charge in [0.1, 0.15) is 6.10 Å². The molecule has 0 radical (unpaired) electrons. The van der Waals surface area contributed by atoms with Gasteiger partial charge < -0.3 is 19.1 Å². The highest BCUT2D eigenvalue weighted by Crippen LogP contribution is 2.36. The standard InChI is InChI=1S/C22H23N3O3/c1-26-21-7-6-18(12-22(21)28-20-8-11-27-16-20)25(19-5-3-10-24-14-19)15-17-4-2-9-23-13-17/h2-7,9-10,12-14,20H,8,11,15-16H2,1H3. The molecule has 1 unspecified atom stereocenters. The number of benzene rings is 1. The van der Waals surface area contributed by atoms with Crippen molar-refractivity contribution in [3.8, 4) is 11.5 Å². The van der Waals surface area contributed by atoms with E-state index in [1.807, 2.05) is 48.8 Å². The van der Waals surface area contributed by atoms with Crippen LogP contribution in [0, 0.1) is 0 Å². The van der Waals surface area contributed by atoms with Gasteiger partial charge in [-0.15, -0.1) is 0 Å². The number of hydrogen-bond acceptors (Lipinski definition) is 6. The van der Waals surface area contributed by atoms with Crippen molar-refractivity contribution in [2.75, 3.05) is 25.2 Å². The first kappa shape index (κ1) is 18.3. The lowest BCUT2D eigenvalue weighted by Crippen LogP contribution is -2.18. The molecule has 3 aromatic rings. The summed E-state index contributed by atoms with van der Waals surface area (Å²) in [6, 6.07) is 14.0. The second-order valence-corrected chi connectivity index (χ2v) is 6.60. The molecule has 3 heterocycles. The summed E-state index contributed by atoms with van der Waals surface area (Å²) in [5.41, 5.74) is 3.09. The number of ether oxygens (including phenoxy) is 3. The number of aromatic nitrogens is 2. The van der Waals surface area contributed by atoms with Crippen molar-refractivity contribution in [3.05, 3.63) is 72.8 Å². The van der Waals surface area contributed by atoms with Gasteiger partial charge in [-0.1, -0.05) is 6.07 Å². The molecule has 1 aliphatic heterocycles. The highest BCUT2D eigenvalue weighted by atomic mass is 16.6. The molecule has 0 bridgehead atoms. The maximum absolute atomic E-state index is 6.17. The fraction of sp³-hybridized carbons (Fsp3) is 0.273. The minimum atomic E-state index is 0.0503. The van der Waals surface area contributed by atoms with Gasteiger partial charge in [0, 0.05) is 43.3 Å². The van der Waals surface area contributed by atoms with Crippen LogP contribution in [0.15, 0.2) is 67.3 Å². The van der Waals surface area contributed by atoms with Gasteiger partial charge in [0.15, 0.2) is 11.5 Å². The van der Waals surface area contributed by atoms with Crippen LogP contribution in [0.5, 0.6) is 11.5 Å². The maximum Gasteiger partial charge on any atom is 0.163 e. The highest BCUT2D eigenvalue weighted by molar-refractivity contribution is 5.66. The van der Waals surface area contributed by atoms with Crippen LogP contribution in [-0.4, -0.2) is 36.4 Å². The Hall–Kier alpha value is -3.12. The third kappa shape index (κ3) is 4.23. The highest BCUT2D eigenvalue weighted by Gasteiger charge is 2.20. The lowest BCUT2D eigenvalue weighted by molar-refractivity contribution is 0.138. The zero-order valence-corrected chi connectivity index (χ0v) is 15.8. The Morgan fingerprint density at radius 1 is 1.04 bits per heavy atom. The summed E-state index contributed by atoms with van der Waals surface area (Å²) in [7, 11) is 1.65. The van der Waals surface area contributed by atoms with E-state index in [-0.39, 0.29) is 6.10 Å². The molecule has 0 aliphatic carbocycles. The van der Waals surface area contributed by atoms with Gasteiger partial charge in [0.2, 0.25) is 0 Å². The third-order valence-electron chi connectivity index (χ3n) is 4.66. The fourth-order valence-electron chi connectivity index (χ4n) is 3.23. The van der Waals surface area contributed by atoms with E-state index in [0.29, 0.717) is 18.9 Å². The molecular weight excluding hydrogens is 354 g/mol. The fourth-order valence-corrected chi connectivity index (χ4v) is 3.23. The lowest BCUT2D eigenvalue weighted by atomic mass is 10.2. The Bertz CT molecular complexity index is 884. The molecule has 0 amide bonds. The smallest absolute Gasteiger partial charge is 0.163 e. The molecule has 1 aromatic carbocycles. The molecule has 0 spiro atoms.